The third-order valence-corrected chi connectivity index (χ3v) is 8.20. The second-order valence-electron chi connectivity index (χ2n) is 7.50. The number of benzene rings is 1. The number of anilines is 1. The highest BCUT2D eigenvalue weighted by Gasteiger charge is 2.29. The van der Waals surface area contributed by atoms with E-state index in [0.717, 1.165) is 10.4 Å². The lowest BCUT2D eigenvalue weighted by Gasteiger charge is -2.27. The molecule has 0 saturated carbocycles. The van der Waals surface area contributed by atoms with Crippen LogP contribution in [0.15, 0.2) is 40.6 Å². The van der Waals surface area contributed by atoms with E-state index in [9.17, 15) is 18.0 Å². The highest BCUT2D eigenvalue weighted by molar-refractivity contribution is 7.89. The summed E-state index contributed by atoms with van der Waals surface area (Å²) in [5.41, 5.74) is 1.38. The Hall–Kier alpha value is -2.27. The topological polar surface area (TPSA) is 96.0 Å². The van der Waals surface area contributed by atoms with Crippen molar-refractivity contribution >= 4 is 38.9 Å². The van der Waals surface area contributed by atoms with Gasteiger partial charge in [-0.1, -0.05) is 6.07 Å². The van der Waals surface area contributed by atoms with Gasteiger partial charge in [0.05, 0.1) is 24.7 Å². The van der Waals surface area contributed by atoms with Gasteiger partial charge >= 0.3 is 0 Å². The molecular formula is C21H25N3O5S2. The third kappa shape index (κ3) is 4.98. The Labute approximate surface area is 185 Å². The molecule has 0 unspecified atom stereocenters. The van der Waals surface area contributed by atoms with E-state index < -0.39 is 10.0 Å². The lowest BCUT2D eigenvalue weighted by molar-refractivity contribution is -0.123. The van der Waals surface area contributed by atoms with Crippen LogP contribution in [0.1, 0.15) is 23.3 Å². The van der Waals surface area contributed by atoms with Crippen molar-refractivity contribution in [3.63, 3.8) is 0 Å². The minimum Gasteiger partial charge on any atom is -0.379 e. The molecule has 8 nitrogen and oxygen atoms in total. The summed E-state index contributed by atoms with van der Waals surface area (Å²) in [6, 6.07) is 8.68. The summed E-state index contributed by atoms with van der Waals surface area (Å²) in [6.07, 6.45) is 1.51. The van der Waals surface area contributed by atoms with Gasteiger partial charge in [0.25, 0.3) is 0 Å². The van der Waals surface area contributed by atoms with Crippen molar-refractivity contribution in [2.75, 3.05) is 37.7 Å². The predicted octanol–water partition coefficient (Wildman–Crippen LogP) is 1.75. The number of hydrogen-bond acceptors (Lipinski definition) is 6. The molecule has 3 heterocycles. The van der Waals surface area contributed by atoms with Gasteiger partial charge in [0, 0.05) is 30.1 Å². The van der Waals surface area contributed by atoms with E-state index in [4.69, 9.17) is 4.74 Å². The second kappa shape index (κ2) is 9.47. The summed E-state index contributed by atoms with van der Waals surface area (Å²) < 4.78 is 32.7. The molecule has 0 atom stereocenters. The van der Waals surface area contributed by atoms with Gasteiger partial charge in [0.1, 0.15) is 6.54 Å². The normalized spacial score (nSPS) is 17.8. The fraction of sp³-hybridized carbons (Fsp3) is 0.429. The van der Waals surface area contributed by atoms with Crippen LogP contribution in [0.5, 0.6) is 0 Å². The third-order valence-electron chi connectivity index (χ3n) is 5.43. The number of sulfonamides is 1. The van der Waals surface area contributed by atoms with Crippen molar-refractivity contribution in [3.8, 4) is 0 Å². The first kappa shape index (κ1) is 21.9. The van der Waals surface area contributed by atoms with Crippen LogP contribution in [0, 0.1) is 0 Å². The molecule has 2 aliphatic heterocycles. The molecule has 2 amide bonds. The first-order valence-electron chi connectivity index (χ1n) is 10.3. The first-order valence-corrected chi connectivity index (χ1v) is 12.6. The zero-order valence-corrected chi connectivity index (χ0v) is 18.7. The molecule has 2 aliphatic rings. The van der Waals surface area contributed by atoms with E-state index in [1.165, 1.54) is 15.3 Å². The maximum absolute atomic E-state index is 13.0. The molecule has 10 heteroatoms. The van der Waals surface area contributed by atoms with Gasteiger partial charge in [-0.15, -0.1) is 11.3 Å². The number of nitrogens with one attached hydrogen (secondary N) is 1. The van der Waals surface area contributed by atoms with E-state index >= 15 is 0 Å². The zero-order chi connectivity index (χ0) is 21.8. The van der Waals surface area contributed by atoms with Gasteiger partial charge in [-0.3, -0.25) is 9.59 Å². The van der Waals surface area contributed by atoms with E-state index in [2.05, 4.69) is 5.32 Å². The average Bonchev–Trinajstić information content (AvgIpc) is 3.25. The summed E-state index contributed by atoms with van der Waals surface area (Å²) in [5, 5.41) is 4.79. The van der Waals surface area contributed by atoms with E-state index in [0.29, 0.717) is 57.8 Å². The number of aryl methyl sites for hydroxylation is 1. The van der Waals surface area contributed by atoms with Crippen LogP contribution >= 0.6 is 11.3 Å². The quantitative estimate of drug-likeness (QED) is 0.704. The van der Waals surface area contributed by atoms with E-state index in [1.807, 2.05) is 17.5 Å². The number of rotatable bonds is 6. The minimum absolute atomic E-state index is 0.0905. The Morgan fingerprint density at radius 3 is 2.71 bits per heavy atom. The molecule has 2 aromatic rings. The van der Waals surface area contributed by atoms with Gasteiger partial charge < -0.3 is 15.0 Å². The van der Waals surface area contributed by atoms with Crippen LogP contribution in [-0.4, -0.2) is 57.4 Å². The second-order valence-corrected chi connectivity index (χ2v) is 10.5. The molecule has 31 heavy (non-hydrogen) atoms. The highest BCUT2D eigenvalue weighted by Crippen LogP contribution is 2.30. The lowest BCUT2D eigenvalue weighted by atomic mass is 10.1. The number of nitrogens with zero attached hydrogens (tertiary/aromatic N) is 2. The summed E-state index contributed by atoms with van der Waals surface area (Å²) in [7, 11) is -3.62. The van der Waals surface area contributed by atoms with Crippen molar-refractivity contribution in [3.05, 3.63) is 46.2 Å². The molecule has 0 radical (unpaired) electrons. The van der Waals surface area contributed by atoms with Crippen molar-refractivity contribution in [2.45, 2.75) is 30.7 Å². The minimum atomic E-state index is -3.62. The predicted molar refractivity (Wildman–Crippen MR) is 117 cm³/mol. The van der Waals surface area contributed by atoms with Crippen LogP contribution in [0.2, 0.25) is 0 Å². The number of thiophene rings is 1. The smallest absolute Gasteiger partial charge is 0.243 e. The number of carbonyl (C=O) groups is 2. The molecule has 166 valence electrons. The van der Waals surface area contributed by atoms with Gasteiger partial charge in [-0.25, -0.2) is 8.42 Å². The van der Waals surface area contributed by atoms with E-state index in [1.54, 1.807) is 23.5 Å². The number of carbonyl (C=O) groups excluding carboxylic acids is 2. The molecule has 1 aromatic heterocycles. The molecule has 0 aliphatic carbocycles. The summed E-state index contributed by atoms with van der Waals surface area (Å²) in [6.45, 7) is 1.75. The lowest BCUT2D eigenvalue weighted by Crippen LogP contribution is -2.41. The maximum Gasteiger partial charge on any atom is 0.243 e. The molecular weight excluding hydrogens is 438 g/mol. The highest BCUT2D eigenvalue weighted by atomic mass is 32.2. The SMILES string of the molecule is O=C(CN1C(=O)CCCc2cc(S(=O)(=O)N3CCOCC3)ccc21)NCc1cccs1. The number of ether oxygens (including phenoxy) is 1. The first-order chi connectivity index (χ1) is 14.9. The fourth-order valence-corrected chi connectivity index (χ4v) is 5.90. The fourth-order valence-electron chi connectivity index (χ4n) is 3.79. The number of amides is 2. The standard InChI is InChI=1S/C21H25N3O5S2/c25-20(22-14-17-4-2-12-30-17)15-24-19-7-6-18(13-16(19)3-1-5-21(24)26)31(27,28)23-8-10-29-11-9-23/h2,4,6-7,12-13H,1,3,5,8-11,14-15H2,(H,22,25). The molecule has 1 N–H and O–H groups in total. The van der Waals surface area contributed by atoms with Crippen molar-refractivity contribution in [1.82, 2.24) is 9.62 Å². The molecule has 0 spiro atoms. The van der Waals surface area contributed by atoms with Crippen LogP contribution in [0.25, 0.3) is 0 Å². The Balaban J connectivity index is 1.54. The van der Waals surface area contributed by atoms with Crippen molar-refractivity contribution in [1.29, 1.82) is 0 Å². The Morgan fingerprint density at radius 2 is 1.97 bits per heavy atom. The summed E-state index contributed by atoms with van der Waals surface area (Å²) >= 11 is 1.56. The van der Waals surface area contributed by atoms with Gasteiger partial charge in [-0.05, 0) is 48.1 Å². The molecule has 1 aromatic carbocycles. The monoisotopic (exact) mass is 463 g/mol. The largest absolute Gasteiger partial charge is 0.379 e. The van der Waals surface area contributed by atoms with Crippen LogP contribution in [0.4, 0.5) is 5.69 Å². The van der Waals surface area contributed by atoms with Crippen molar-refractivity contribution in [2.24, 2.45) is 0 Å². The summed E-state index contributed by atoms with van der Waals surface area (Å²) in [5.74, 6) is -0.381. The zero-order valence-electron chi connectivity index (χ0n) is 17.1. The Morgan fingerprint density at radius 1 is 1.16 bits per heavy atom. The van der Waals surface area contributed by atoms with Crippen LogP contribution < -0.4 is 10.2 Å². The van der Waals surface area contributed by atoms with E-state index in [-0.39, 0.29) is 23.3 Å². The number of hydrogen-bond donors (Lipinski definition) is 1. The number of fused-ring (bicyclic) bond motifs is 1. The molecule has 1 saturated heterocycles. The molecule has 1 fully saturated rings. The molecule has 4 rings (SSSR count). The van der Waals surface area contributed by atoms with Gasteiger partial charge in [-0.2, -0.15) is 4.31 Å². The maximum atomic E-state index is 13.0. The van der Waals surface area contributed by atoms with Crippen LogP contribution in [0.3, 0.4) is 0 Å². The van der Waals surface area contributed by atoms with Gasteiger partial charge in [0.2, 0.25) is 21.8 Å². The van der Waals surface area contributed by atoms with Crippen molar-refractivity contribution < 1.29 is 22.7 Å². The molecule has 0 bridgehead atoms. The summed E-state index contributed by atoms with van der Waals surface area (Å²) in [4.78, 5) is 27.9. The average molecular weight is 464 g/mol. The van der Waals surface area contributed by atoms with Gasteiger partial charge in [0.15, 0.2) is 0 Å². The van der Waals surface area contributed by atoms with Crippen LogP contribution in [-0.2, 0) is 37.3 Å². The Bertz CT molecular complexity index is 1050. The number of morpholine rings is 1. The Kier molecular flexibility index (Phi) is 6.71.